The summed E-state index contributed by atoms with van der Waals surface area (Å²) >= 11 is 1.84. The molecule has 0 aliphatic rings. The average Bonchev–Trinajstić information content (AvgIpc) is 2.80. The molecular formula is C13H23NOS. The Morgan fingerprint density at radius 3 is 2.88 bits per heavy atom. The van der Waals surface area contributed by atoms with Gasteiger partial charge in [0, 0.05) is 24.6 Å². The van der Waals surface area contributed by atoms with E-state index in [1.165, 1.54) is 11.3 Å². The summed E-state index contributed by atoms with van der Waals surface area (Å²) in [4.78, 5) is 1.44. The zero-order valence-corrected chi connectivity index (χ0v) is 11.3. The smallest absolute Gasteiger partial charge is 0.0465 e. The Morgan fingerprint density at radius 2 is 2.31 bits per heavy atom. The molecule has 0 spiro atoms. The second-order valence-electron chi connectivity index (χ2n) is 4.21. The van der Waals surface area contributed by atoms with E-state index in [1.54, 1.807) is 7.11 Å². The predicted octanol–water partition coefficient (Wildman–Crippen LogP) is 3.46. The van der Waals surface area contributed by atoms with E-state index in [9.17, 15) is 0 Å². The van der Waals surface area contributed by atoms with Crippen LogP contribution in [0.5, 0.6) is 0 Å². The highest BCUT2D eigenvalue weighted by molar-refractivity contribution is 7.10. The van der Waals surface area contributed by atoms with Crippen LogP contribution in [0.25, 0.3) is 0 Å². The van der Waals surface area contributed by atoms with Crippen molar-refractivity contribution in [1.29, 1.82) is 0 Å². The van der Waals surface area contributed by atoms with E-state index in [4.69, 9.17) is 4.74 Å². The van der Waals surface area contributed by atoms with Gasteiger partial charge in [-0.2, -0.15) is 0 Å². The largest absolute Gasteiger partial charge is 0.385 e. The summed E-state index contributed by atoms with van der Waals surface area (Å²) in [5, 5.41) is 5.79. The molecular weight excluding hydrogens is 218 g/mol. The first-order valence-corrected chi connectivity index (χ1v) is 6.93. The van der Waals surface area contributed by atoms with E-state index in [-0.39, 0.29) is 0 Å². The topological polar surface area (TPSA) is 21.3 Å². The van der Waals surface area contributed by atoms with E-state index < -0.39 is 0 Å². The highest BCUT2D eigenvalue weighted by atomic mass is 32.1. The fourth-order valence-electron chi connectivity index (χ4n) is 1.82. The lowest BCUT2D eigenvalue weighted by Crippen LogP contribution is -2.27. The molecule has 92 valence electrons. The SMILES string of the molecule is CCCNC(c1cccs1)C(C)CCOC. The molecule has 1 N–H and O–H groups in total. The van der Waals surface area contributed by atoms with Crippen LogP contribution in [-0.2, 0) is 4.74 Å². The summed E-state index contributed by atoms with van der Waals surface area (Å²) in [6.45, 7) is 6.43. The molecule has 1 heterocycles. The van der Waals surface area contributed by atoms with Crippen LogP contribution in [0.15, 0.2) is 17.5 Å². The third kappa shape index (κ3) is 4.24. The number of nitrogens with one attached hydrogen (secondary N) is 1. The molecule has 0 aliphatic carbocycles. The summed E-state index contributed by atoms with van der Waals surface area (Å²) < 4.78 is 5.16. The highest BCUT2D eigenvalue weighted by Gasteiger charge is 2.18. The standard InChI is InChI=1S/C13H23NOS/c1-4-8-14-13(11(2)7-9-15-3)12-6-5-10-16-12/h5-6,10-11,13-14H,4,7-9H2,1-3H3. The van der Waals surface area contributed by atoms with Crippen LogP contribution in [-0.4, -0.2) is 20.3 Å². The van der Waals surface area contributed by atoms with Crippen molar-refractivity contribution < 1.29 is 4.74 Å². The number of hydrogen-bond acceptors (Lipinski definition) is 3. The quantitative estimate of drug-likeness (QED) is 0.752. The second kappa shape index (κ2) is 7.82. The van der Waals surface area contributed by atoms with E-state index in [0.29, 0.717) is 12.0 Å². The maximum Gasteiger partial charge on any atom is 0.0465 e. The summed E-state index contributed by atoms with van der Waals surface area (Å²) in [5.41, 5.74) is 0. The van der Waals surface area contributed by atoms with Crippen molar-refractivity contribution >= 4 is 11.3 Å². The Bertz CT molecular complexity index is 261. The van der Waals surface area contributed by atoms with E-state index >= 15 is 0 Å². The lowest BCUT2D eigenvalue weighted by atomic mass is 9.97. The number of hydrogen-bond donors (Lipinski definition) is 1. The normalized spacial score (nSPS) is 14.9. The maximum atomic E-state index is 5.16. The average molecular weight is 241 g/mol. The molecule has 1 aromatic heterocycles. The van der Waals surface area contributed by atoms with E-state index in [1.807, 2.05) is 11.3 Å². The van der Waals surface area contributed by atoms with E-state index in [0.717, 1.165) is 19.6 Å². The van der Waals surface area contributed by atoms with Gasteiger partial charge in [0.1, 0.15) is 0 Å². The van der Waals surface area contributed by atoms with Crippen LogP contribution in [0.4, 0.5) is 0 Å². The molecule has 2 unspecified atom stereocenters. The summed E-state index contributed by atoms with van der Waals surface area (Å²) in [5.74, 6) is 0.616. The Kier molecular flexibility index (Phi) is 6.69. The van der Waals surface area contributed by atoms with Gasteiger partial charge >= 0.3 is 0 Å². The van der Waals surface area contributed by atoms with Gasteiger partial charge in [-0.1, -0.05) is 19.9 Å². The predicted molar refractivity (Wildman–Crippen MR) is 71.0 cm³/mol. The molecule has 16 heavy (non-hydrogen) atoms. The van der Waals surface area contributed by atoms with Gasteiger partial charge < -0.3 is 10.1 Å². The molecule has 0 fully saturated rings. The van der Waals surface area contributed by atoms with Gasteiger partial charge in [-0.3, -0.25) is 0 Å². The first-order chi connectivity index (χ1) is 7.79. The van der Waals surface area contributed by atoms with Crippen LogP contribution in [0.2, 0.25) is 0 Å². The van der Waals surface area contributed by atoms with E-state index in [2.05, 4.69) is 36.7 Å². The minimum atomic E-state index is 0.482. The molecule has 2 atom stereocenters. The Labute approximate surface area is 103 Å². The van der Waals surface area contributed by atoms with Gasteiger partial charge in [-0.15, -0.1) is 11.3 Å². The monoisotopic (exact) mass is 241 g/mol. The fourth-order valence-corrected chi connectivity index (χ4v) is 2.75. The molecule has 0 bridgehead atoms. The van der Waals surface area contributed by atoms with Crippen LogP contribution in [0.1, 0.15) is 37.6 Å². The molecule has 0 saturated heterocycles. The van der Waals surface area contributed by atoms with Gasteiger partial charge in [0.15, 0.2) is 0 Å². The lowest BCUT2D eigenvalue weighted by molar-refractivity contribution is 0.170. The molecule has 2 nitrogen and oxygen atoms in total. The minimum Gasteiger partial charge on any atom is -0.385 e. The zero-order valence-electron chi connectivity index (χ0n) is 10.5. The summed E-state index contributed by atoms with van der Waals surface area (Å²) in [6.07, 6.45) is 2.29. The van der Waals surface area contributed by atoms with Crippen LogP contribution < -0.4 is 5.32 Å². The molecule has 1 aromatic rings. The molecule has 1 rings (SSSR count). The number of ether oxygens (including phenoxy) is 1. The molecule has 0 amide bonds. The molecule has 0 saturated carbocycles. The van der Waals surface area contributed by atoms with Gasteiger partial charge in [0.2, 0.25) is 0 Å². The Balaban J connectivity index is 2.56. The molecule has 0 aromatic carbocycles. The summed E-state index contributed by atoms with van der Waals surface area (Å²) in [6, 6.07) is 4.83. The van der Waals surface area contributed by atoms with Gasteiger partial charge in [-0.05, 0) is 36.8 Å². The highest BCUT2D eigenvalue weighted by Crippen LogP contribution is 2.27. The second-order valence-corrected chi connectivity index (χ2v) is 5.19. The Morgan fingerprint density at radius 1 is 1.50 bits per heavy atom. The third-order valence-corrected chi connectivity index (χ3v) is 3.77. The van der Waals surface area contributed by atoms with Crippen molar-refractivity contribution in [3.05, 3.63) is 22.4 Å². The first kappa shape index (κ1) is 13.7. The zero-order chi connectivity index (χ0) is 11.8. The number of methoxy groups -OCH3 is 1. The minimum absolute atomic E-state index is 0.482. The first-order valence-electron chi connectivity index (χ1n) is 6.05. The van der Waals surface area contributed by atoms with Crippen molar-refractivity contribution in [2.75, 3.05) is 20.3 Å². The summed E-state index contributed by atoms with van der Waals surface area (Å²) in [7, 11) is 1.77. The van der Waals surface area contributed by atoms with Gasteiger partial charge in [0.05, 0.1) is 0 Å². The third-order valence-electron chi connectivity index (χ3n) is 2.81. The maximum absolute atomic E-state index is 5.16. The van der Waals surface area contributed by atoms with Gasteiger partial charge in [0.25, 0.3) is 0 Å². The van der Waals surface area contributed by atoms with Crippen molar-refractivity contribution in [1.82, 2.24) is 5.32 Å². The Hall–Kier alpha value is -0.380. The molecule has 0 aliphatic heterocycles. The van der Waals surface area contributed by atoms with Crippen LogP contribution in [0, 0.1) is 5.92 Å². The van der Waals surface area contributed by atoms with Crippen molar-refractivity contribution in [2.24, 2.45) is 5.92 Å². The lowest BCUT2D eigenvalue weighted by Gasteiger charge is -2.24. The molecule has 0 radical (unpaired) electrons. The number of rotatable bonds is 8. The van der Waals surface area contributed by atoms with Crippen LogP contribution >= 0.6 is 11.3 Å². The number of thiophene rings is 1. The van der Waals surface area contributed by atoms with Crippen molar-refractivity contribution in [3.63, 3.8) is 0 Å². The van der Waals surface area contributed by atoms with Crippen LogP contribution in [0.3, 0.4) is 0 Å². The molecule has 3 heteroatoms. The van der Waals surface area contributed by atoms with Gasteiger partial charge in [-0.25, -0.2) is 0 Å². The van der Waals surface area contributed by atoms with Crippen molar-refractivity contribution in [2.45, 2.75) is 32.7 Å². The van der Waals surface area contributed by atoms with Crippen molar-refractivity contribution in [3.8, 4) is 0 Å². The fraction of sp³-hybridized carbons (Fsp3) is 0.692.